The number of rotatable bonds is 2. The van der Waals surface area contributed by atoms with Crippen molar-refractivity contribution in [1.82, 2.24) is 0 Å². The van der Waals surface area contributed by atoms with Gasteiger partial charge in [0.25, 0.3) is 0 Å². The zero-order valence-electron chi connectivity index (χ0n) is 9.29. The first kappa shape index (κ1) is 10.2. The first-order valence-corrected chi connectivity index (χ1v) is 5.55. The van der Waals surface area contributed by atoms with Crippen molar-refractivity contribution in [2.24, 2.45) is 0 Å². The predicted octanol–water partition coefficient (Wildman–Crippen LogP) is 2.91. The summed E-state index contributed by atoms with van der Waals surface area (Å²) in [6.45, 7) is 5.25. The van der Waals surface area contributed by atoms with E-state index in [4.69, 9.17) is 0 Å². The van der Waals surface area contributed by atoms with Gasteiger partial charge in [0.1, 0.15) is 6.29 Å². The molecule has 1 unspecified atom stereocenters. The highest BCUT2D eigenvalue weighted by Crippen LogP contribution is 2.32. The van der Waals surface area contributed by atoms with Gasteiger partial charge in [-0.05, 0) is 29.5 Å². The van der Waals surface area contributed by atoms with Crippen LogP contribution in [0.25, 0.3) is 0 Å². The van der Waals surface area contributed by atoms with Gasteiger partial charge in [0, 0.05) is 18.2 Å². The lowest BCUT2D eigenvalue weighted by atomic mass is 9.89. The highest BCUT2D eigenvalue weighted by Gasteiger charge is 2.19. The van der Waals surface area contributed by atoms with Crippen molar-refractivity contribution in [3.8, 4) is 0 Å². The lowest BCUT2D eigenvalue weighted by Gasteiger charge is -2.24. The van der Waals surface area contributed by atoms with Gasteiger partial charge in [0.15, 0.2) is 0 Å². The number of fused-ring (bicyclic) bond motifs is 1. The average Bonchev–Trinajstić information content (AvgIpc) is 2.27. The van der Waals surface area contributed by atoms with Crippen molar-refractivity contribution in [3.63, 3.8) is 0 Å². The van der Waals surface area contributed by atoms with Crippen LogP contribution in [0.4, 0.5) is 5.69 Å². The van der Waals surface area contributed by atoms with Crippen molar-refractivity contribution in [1.29, 1.82) is 0 Å². The van der Waals surface area contributed by atoms with Crippen LogP contribution in [0.2, 0.25) is 0 Å². The third-order valence-corrected chi connectivity index (χ3v) is 3.08. The fourth-order valence-electron chi connectivity index (χ4n) is 2.07. The Morgan fingerprint density at radius 1 is 1.47 bits per heavy atom. The molecule has 2 heteroatoms. The Kier molecular flexibility index (Phi) is 2.76. The highest BCUT2D eigenvalue weighted by atomic mass is 16.1. The maximum Gasteiger partial charge on any atom is 0.127 e. The minimum absolute atomic E-state index is 0.0833. The summed E-state index contributed by atoms with van der Waals surface area (Å²) in [6, 6.07) is 6.41. The van der Waals surface area contributed by atoms with Crippen molar-refractivity contribution in [3.05, 3.63) is 29.3 Å². The van der Waals surface area contributed by atoms with E-state index in [9.17, 15) is 4.79 Å². The number of hydrogen-bond acceptors (Lipinski definition) is 2. The first-order chi connectivity index (χ1) is 7.22. The van der Waals surface area contributed by atoms with E-state index in [1.54, 1.807) is 0 Å². The summed E-state index contributed by atoms with van der Waals surface area (Å²) in [5, 5.41) is 3.33. The van der Waals surface area contributed by atoms with Crippen LogP contribution in [0, 0.1) is 0 Å². The minimum atomic E-state index is 0.0833. The molecule has 0 bridgehead atoms. The topological polar surface area (TPSA) is 29.1 Å². The Labute approximate surface area is 90.7 Å². The molecule has 1 N–H and O–H groups in total. The van der Waals surface area contributed by atoms with Crippen molar-refractivity contribution >= 4 is 12.0 Å². The van der Waals surface area contributed by atoms with E-state index in [1.165, 1.54) is 11.1 Å². The van der Waals surface area contributed by atoms with Gasteiger partial charge >= 0.3 is 0 Å². The molecule has 2 nitrogen and oxygen atoms in total. The van der Waals surface area contributed by atoms with Crippen LogP contribution in [0.15, 0.2) is 18.2 Å². The normalized spacial score (nSPS) is 19.5. The fraction of sp³-hybridized carbons (Fsp3) is 0.462. The van der Waals surface area contributed by atoms with Gasteiger partial charge < -0.3 is 10.1 Å². The third-order valence-electron chi connectivity index (χ3n) is 3.08. The van der Waals surface area contributed by atoms with E-state index in [0.29, 0.717) is 5.92 Å². The average molecular weight is 203 g/mol. The molecule has 1 aromatic rings. The van der Waals surface area contributed by atoms with Crippen LogP contribution in [-0.4, -0.2) is 12.8 Å². The largest absolute Gasteiger partial charge is 0.385 e. The summed E-state index contributed by atoms with van der Waals surface area (Å²) >= 11 is 0. The van der Waals surface area contributed by atoms with Crippen LogP contribution in [0.5, 0.6) is 0 Å². The molecule has 80 valence electrons. The summed E-state index contributed by atoms with van der Waals surface area (Å²) in [5.74, 6) is 0.601. The Bertz CT molecular complexity index is 371. The van der Waals surface area contributed by atoms with Gasteiger partial charge in [-0.2, -0.15) is 0 Å². The second kappa shape index (κ2) is 4.05. The second-order valence-corrected chi connectivity index (χ2v) is 4.46. The number of nitrogens with one attached hydrogen (secondary N) is 1. The Hall–Kier alpha value is -1.31. The van der Waals surface area contributed by atoms with Gasteiger partial charge in [0.05, 0.1) is 0 Å². The van der Waals surface area contributed by atoms with Gasteiger partial charge in [-0.1, -0.05) is 26.0 Å². The molecule has 1 aromatic carbocycles. The summed E-state index contributed by atoms with van der Waals surface area (Å²) in [7, 11) is 0. The maximum absolute atomic E-state index is 11.0. The van der Waals surface area contributed by atoms with E-state index in [-0.39, 0.29) is 5.92 Å². The number of carbonyl (C=O) groups excluding carboxylic acids is 1. The van der Waals surface area contributed by atoms with Crippen LogP contribution >= 0.6 is 0 Å². The molecule has 0 aromatic heterocycles. The van der Waals surface area contributed by atoms with Crippen LogP contribution in [0.1, 0.15) is 43.2 Å². The Morgan fingerprint density at radius 2 is 2.27 bits per heavy atom. The van der Waals surface area contributed by atoms with Gasteiger partial charge in [-0.25, -0.2) is 0 Å². The number of hydrogen-bond donors (Lipinski definition) is 1. The van der Waals surface area contributed by atoms with Crippen molar-refractivity contribution < 1.29 is 4.79 Å². The molecule has 1 aliphatic heterocycles. The molecular formula is C13H17NO. The fourth-order valence-corrected chi connectivity index (χ4v) is 2.07. The lowest BCUT2D eigenvalue weighted by molar-refractivity contribution is -0.109. The number of benzene rings is 1. The predicted molar refractivity (Wildman–Crippen MR) is 62.4 cm³/mol. The summed E-state index contributed by atoms with van der Waals surface area (Å²) in [6.07, 6.45) is 1.99. The third kappa shape index (κ3) is 1.89. The van der Waals surface area contributed by atoms with E-state index in [1.807, 2.05) is 0 Å². The van der Waals surface area contributed by atoms with Crippen LogP contribution in [-0.2, 0) is 4.79 Å². The molecule has 0 saturated carbocycles. The molecule has 0 spiro atoms. The smallest absolute Gasteiger partial charge is 0.127 e. The molecule has 0 aliphatic carbocycles. The quantitative estimate of drug-likeness (QED) is 0.749. The summed E-state index contributed by atoms with van der Waals surface area (Å²) in [5.41, 5.74) is 3.61. The molecule has 1 aliphatic rings. The van der Waals surface area contributed by atoms with E-state index >= 15 is 0 Å². The van der Waals surface area contributed by atoms with Crippen molar-refractivity contribution in [2.75, 3.05) is 11.9 Å². The highest BCUT2D eigenvalue weighted by molar-refractivity contribution is 5.70. The molecule has 2 rings (SSSR count). The lowest BCUT2D eigenvalue weighted by Crippen LogP contribution is -2.17. The van der Waals surface area contributed by atoms with E-state index in [2.05, 4.69) is 37.4 Å². The maximum atomic E-state index is 11.0. The monoisotopic (exact) mass is 203 g/mol. The standard InChI is InChI=1S/C13H17NO/c1-9(2)10-3-4-13-12(7-10)11(8-15)5-6-14-13/h3-4,7-9,11,14H,5-6H2,1-2H3. The molecular weight excluding hydrogens is 186 g/mol. The van der Waals surface area contributed by atoms with Gasteiger partial charge in [0.2, 0.25) is 0 Å². The van der Waals surface area contributed by atoms with Crippen molar-refractivity contribution in [2.45, 2.75) is 32.1 Å². The van der Waals surface area contributed by atoms with Crippen LogP contribution in [0.3, 0.4) is 0 Å². The summed E-state index contributed by atoms with van der Waals surface area (Å²) < 4.78 is 0. The molecule has 1 atom stereocenters. The summed E-state index contributed by atoms with van der Waals surface area (Å²) in [4.78, 5) is 11.0. The number of anilines is 1. The zero-order valence-corrected chi connectivity index (χ0v) is 9.29. The van der Waals surface area contributed by atoms with Crippen LogP contribution < -0.4 is 5.32 Å². The molecule has 0 amide bonds. The molecule has 0 fully saturated rings. The minimum Gasteiger partial charge on any atom is -0.385 e. The SMILES string of the molecule is CC(C)c1ccc2c(c1)C(C=O)CCN2. The molecule has 0 radical (unpaired) electrons. The van der Waals surface area contributed by atoms with E-state index in [0.717, 1.165) is 24.9 Å². The van der Waals surface area contributed by atoms with Gasteiger partial charge in [-0.15, -0.1) is 0 Å². The first-order valence-electron chi connectivity index (χ1n) is 5.55. The second-order valence-electron chi connectivity index (χ2n) is 4.46. The molecule has 1 heterocycles. The van der Waals surface area contributed by atoms with Gasteiger partial charge in [-0.3, -0.25) is 0 Å². The zero-order chi connectivity index (χ0) is 10.8. The number of aldehydes is 1. The molecule has 15 heavy (non-hydrogen) atoms. The van der Waals surface area contributed by atoms with E-state index < -0.39 is 0 Å². The number of carbonyl (C=O) groups is 1. The molecule has 0 saturated heterocycles. The Balaban J connectivity index is 2.43. The Morgan fingerprint density at radius 3 is 2.93 bits per heavy atom.